The molecule has 1 heterocycles. The van der Waals surface area contributed by atoms with E-state index in [2.05, 4.69) is 9.97 Å². The van der Waals surface area contributed by atoms with E-state index < -0.39 is 0 Å². The Bertz CT molecular complexity index is 559. The van der Waals surface area contributed by atoms with Crippen LogP contribution in [0.2, 0.25) is 0 Å². The molecule has 1 aromatic heterocycles. The van der Waals surface area contributed by atoms with Crippen molar-refractivity contribution in [3.63, 3.8) is 0 Å². The van der Waals surface area contributed by atoms with E-state index in [0.29, 0.717) is 11.1 Å². The average Bonchev–Trinajstić information content (AvgIpc) is 2.39. The lowest BCUT2D eigenvalue weighted by atomic mass is 10.1. The van der Waals surface area contributed by atoms with E-state index in [1.54, 1.807) is 25.2 Å². The molecule has 0 atom stereocenters. The van der Waals surface area contributed by atoms with E-state index in [1.807, 2.05) is 6.19 Å². The minimum absolute atomic E-state index is 0.285. The second-order valence-electron chi connectivity index (χ2n) is 3.41. The molecule has 2 aromatic rings. The van der Waals surface area contributed by atoms with Gasteiger partial charge in [-0.15, -0.1) is 0 Å². The van der Waals surface area contributed by atoms with Gasteiger partial charge < -0.3 is 0 Å². The highest BCUT2D eigenvalue weighted by molar-refractivity contribution is 5.62. The molecule has 2 rings (SSSR count). The smallest absolute Gasteiger partial charge is 0.238 e. The zero-order valence-corrected chi connectivity index (χ0v) is 9.13. The lowest BCUT2D eigenvalue weighted by Crippen LogP contribution is -2.11. The largest absolute Gasteiger partial charge is 0.250 e. The van der Waals surface area contributed by atoms with Gasteiger partial charge in [0.15, 0.2) is 6.19 Å². The van der Waals surface area contributed by atoms with Crippen molar-refractivity contribution in [1.82, 2.24) is 9.97 Å². The van der Waals surface area contributed by atoms with Crippen LogP contribution in [0.3, 0.4) is 0 Å². The Morgan fingerprint density at radius 2 is 1.88 bits per heavy atom. The highest BCUT2D eigenvalue weighted by Gasteiger charge is 2.07. The van der Waals surface area contributed by atoms with Crippen LogP contribution >= 0.6 is 0 Å². The molecule has 0 spiro atoms. The van der Waals surface area contributed by atoms with Gasteiger partial charge in [-0.1, -0.05) is 18.2 Å². The summed E-state index contributed by atoms with van der Waals surface area (Å²) in [6.45, 7) is 0. The van der Waals surface area contributed by atoms with Gasteiger partial charge in [0.1, 0.15) is 5.82 Å². The van der Waals surface area contributed by atoms with Gasteiger partial charge in [0.05, 0.1) is 0 Å². The normalized spacial score (nSPS) is 9.71. The molecule has 0 aliphatic rings. The molecule has 0 fully saturated rings. The quantitative estimate of drug-likeness (QED) is 0.584. The summed E-state index contributed by atoms with van der Waals surface area (Å²) in [5.41, 5.74) is 1.02. The molecular weight excluding hydrogens is 219 g/mol. The molecule has 0 saturated heterocycles. The average molecular weight is 228 g/mol. The second kappa shape index (κ2) is 4.58. The second-order valence-corrected chi connectivity index (χ2v) is 3.41. The maximum absolute atomic E-state index is 13.5. The van der Waals surface area contributed by atoms with Crippen LogP contribution in [0.15, 0.2) is 36.7 Å². The summed E-state index contributed by atoms with van der Waals surface area (Å²) in [6.07, 6.45) is 4.88. The number of aromatic nitrogens is 2. The van der Waals surface area contributed by atoms with Gasteiger partial charge in [0, 0.05) is 30.6 Å². The van der Waals surface area contributed by atoms with Gasteiger partial charge >= 0.3 is 0 Å². The van der Waals surface area contributed by atoms with Crippen LogP contribution in [0.4, 0.5) is 10.3 Å². The molecular formula is C12H9FN4. The molecule has 0 N–H and O–H groups in total. The van der Waals surface area contributed by atoms with E-state index in [-0.39, 0.29) is 11.8 Å². The SMILES string of the molecule is CN(C#N)c1ncc(-c2ccccc2F)cn1. The van der Waals surface area contributed by atoms with Crippen LogP contribution in [0.25, 0.3) is 11.1 Å². The van der Waals surface area contributed by atoms with Crippen molar-refractivity contribution in [2.45, 2.75) is 0 Å². The Hall–Kier alpha value is -2.48. The van der Waals surface area contributed by atoms with Gasteiger partial charge in [-0.25, -0.2) is 14.4 Å². The van der Waals surface area contributed by atoms with Crippen molar-refractivity contribution in [1.29, 1.82) is 5.26 Å². The Morgan fingerprint density at radius 3 is 2.47 bits per heavy atom. The third-order valence-electron chi connectivity index (χ3n) is 2.27. The van der Waals surface area contributed by atoms with Gasteiger partial charge in [-0.2, -0.15) is 5.26 Å². The molecule has 0 aliphatic heterocycles. The molecule has 0 saturated carbocycles. The van der Waals surface area contributed by atoms with Crippen molar-refractivity contribution in [3.05, 3.63) is 42.5 Å². The van der Waals surface area contributed by atoms with E-state index in [1.165, 1.54) is 23.4 Å². The summed E-state index contributed by atoms with van der Waals surface area (Å²) in [5.74, 6) is -0.0370. The number of anilines is 1. The first-order valence-corrected chi connectivity index (χ1v) is 4.93. The third kappa shape index (κ3) is 2.21. The summed E-state index contributed by atoms with van der Waals surface area (Å²) in [7, 11) is 1.55. The zero-order valence-electron chi connectivity index (χ0n) is 9.13. The molecule has 0 amide bonds. The number of benzene rings is 1. The minimum atomic E-state index is -0.322. The van der Waals surface area contributed by atoms with E-state index in [4.69, 9.17) is 5.26 Å². The fourth-order valence-corrected chi connectivity index (χ4v) is 1.37. The first kappa shape index (κ1) is 11.0. The summed E-state index contributed by atoms with van der Waals surface area (Å²) in [6, 6.07) is 6.40. The maximum atomic E-state index is 13.5. The van der Waals surface area contributed by atoms with Crippen LogP contribution in [0.1, 0.15) is 0 Å². The molecule has 0 aliphatic carbocycles. The predicted octanol–water partition coefficient (Wildman–Crippen LogP) is 2.20. The fourth-order valence-electron chi connectivity index (χ4n) is 1.37. The van der Waals surface area contributed by atoms with Crippen LogP contribution < -0.4 is 4.90 Å². The van der Waals surface area contributed by atoms with Crippen molar-refractivity contribution < 1.29 is 4.39 Å². The molecule has 17 heavy (non-hydrogen) atoms. The van der Waals surface area contributed by atoms with Crippen molar-refractivity contribution in [2.24, 2.45) is 0 Å². The fraction of sp³-hybridized carbons (Fsp3) is 0.0833. The number of hydrogen-bond acceptors (Lipinski definition) is 4. The summed E-state index contributed by atoms with van der Waals surface area (Å²) < 4.78 is 13.5. The maximum Gasteiger partial charge on any atom is 0.238 e. The standard InChI is InChI=1S/C12H9FN4/c1-17(8-14)12-15-6-9(7-16-12)10-4-2-3-5-11(10)13/h2-7H,1H3. The van der Waals surface area contributed by atoms with Gasteiger partial charge in [-0.3, -0.25) is 4.90 Å². The monoisotopic (exact) mass is 228 g/mol. The van der Waals surface area contributed by atoms with Crippen molar-refractivity contribution >= 4 is 5.95 Å². The number of halogens is 1. The third-order valence-corrected chi connectivity index (χ3v) is 2.27. The van der Waals surface area contributed by atoms with Gasteiger partial charge in [0.2, 0.25) is 5.95 Å². The highest BCUT2D eigenvalue weighted by Crippen LogP contribution is 2.21. The minimum Gasteiger partial charge on any atom is -0.250 e. The van der Waals surface area contributed by atoms with Crippen LogP contribution in [0, 0.1) is 17.3 Å². The van der Waals surface area contributed by atoms with Crippen LogP contribution in [-0.4, -0.2) is 17.0 Å². The first-order valence-electron chi connectivity index (χ1n) is 4.93. The predicted molar refractivity (Wildman–Crippen MR) is 61.4 cm³/mol. The molecule has 84 valence electrons. The summed E-state index contributed by atoms with van der Waals surface area (Å²) >= 11 is 0. The summed E-state index contributed by atoms with van der Waals surface area (Å²) in [4.78, 5) is 9.21. The van der Waals surface area contributed by atoms with Gasteiger partial charge in [0.25, 0.3) is 0 Å². The Labute approximate surface area is 98.0 Å². The molecule has 1 aromatic carbocycles. The Balaban J connectivity index is 2.37. The molecule has 0 bridgehead atoms. The molecule has 5 heteroatoms. The lowest BCUT2D eigenvalue weighted by Gasteiger charge is -2.07. The van der Waals surface area contributed by atoms with Gasteiger partial charge in [-0.05, 0) is 6.07 Å². The zero-order chi connectivity index (χ0) is 12.3. The summed E-state index contributed by atoms with van der Waals surface area (Å²) in [5, 5.41) is 8.65. The topological polar surface area (TPSA) is 52.8 Å². The Kier molecular flexibility index (Phi) is 2.97. The Morgan fingerprint density at radius 1 is 1.24 bits per heavy atom. The number of hydrogen-bond donors (Lipinski definition) is 0. The number of rotatable bonds is 2. The highest BCUT2D eigenvalue weighted by atomic mass is 19.1. The van der Waals surface area contributed by atoms with E-state index >= 15 is 0 Å². The lowest BCUT2D eigenvalue weighted by molar-refractivity contribution is 0.631. The van der Waals surface area contributed by atoms with E-state index in [9.17, 15) is 4.39 Å². The number of nitriles is 1. The molecule has 0 radical (unpaired) electrons. The van der Waals surface area contributed by atoms with Crippen molar-refractivity contribution in [2.75, 3.05) is 11.9 Å². The van der Waals surface area contributed by atoms with Crippen LogP contribution in [0.5, 0.6) is 0 Å². The van der Waals surface area contributed by atoms with E-state index in [0.717, 1.165) is 0 Å². The van der Waals surface area contributed by atoms with Crippen LogP contribution in [-0.2, 0) is 0 Å². The van der Waals surface area contributed by atoms with Crippen molar-refractivity contribution in [3.8, 4) is 17.3 Å². The molecule has 0 unspecified atom stereocenters. The first-order chi connectivity index (χ1) is 8.22. The molecule has 4 nitrogen and oxygen atoms in total. The number of nitrogens with zero attached hydrogens (tertiary/aromatic N) is 4.